The minimum absolute atomic E-state index is 0.164. The Morgan fingerprint density at radius 3 is 2.48 bits per heavy atom. The normalized spacial score (nSPS) is 11.8. The molecule has 0 spiro atoms. The van der Waals surface area contributed by atoms with E-state index in [9.17, 15) is 8.42 Å². The van der Waals surface area contributed by atoms with Crippen LogP contribution >= 0.6 is 34.3 Å². The Balaban J connectivity index is 1.58. The van der Waals surface area contributed by atoms with Crippen molar-refractivity contribution in [1.29, 1.82) is 0 Å². The van der Waals surface area contributed by atoms with Crippen molar-refractivity contribution < 1.29 is 8.42 Å². The number of aryl methyl sites for hydroxylation is 1. The zero-order chi connectivity index (χ0) is 20.4. The molecule has 29 heavy (non-hydrogen) atoms. The van der Waals surface area contributed by atoms with E-state index in [2.05, 4.69) is 14.9 Å². The Bertz CT molecular complexity index is 1160. The van der Waals surface area contributed by atoms with Crippen molar-refractivity contribution in [3.63, 3.8) is 0 Å². The van der Waals surface area contributed by atoms with E-state index in [4.69, 9.17) is 11.6 Å². The Kier molecular flexibility index (Phi) is 5.89. The molecular formula is C20H18ClN3O2S3. The van der Waals surface area contributed by atoms with Gasteiger partial charge in [0.2, 0.25) is 10.0 Å². The highest BCUT2D eigenvalue weighted by molar-refractivity contribution is 7.89. The lowest BCUT2D eigenvalue weighted by Crippen LogP contribution is -2.26. The molecule has 2 N–H and O–H groups in total. The number of aromatic amines is 1. The number of nitrogens with one attached hydrogen (secondary N) is 2. The largest absolute Gasteiger partial charge is 0.276 e. The maximum Gasteiger partial charge on any atom is 0.240 e. The first-order valence-corrected chi connectivity index (χ1v) is 12.5. The van der Waals surface area contributed by atoms with Gasteiger partial charge in [-0.05, 0) is 53.9 Å². The summed E-state index contributed by atoms with van der Waals surface area (Å²) in [6.45, 7) is 2.09. The Hall–Kier alpha value is -1.97. The van der Waals surface area contributed by atoms with E-state index in [-0.39, 0.29) is 11.4 Å². The number of thiophene rings is 2. The number of aromatic nitrogens is 2. The maximum absolute atomic E-state index is 12.7. The molecule has 0 bridgehead atoms. The van der Waals surface area contributed by atoms with Crippen LogP contribution in [0.3, 0.4) is 0 Å². The number of benzene rings is 1. The van der Waals surface area contributed by atoms with Gasteiger partial charge in [-0.15, -0.1) is 22.7 Å². The number of halogens is 1. The fourth-order valence-electron chi connectivity index (χ4n) is 2.98. The SMILES string of the molecule is Cc1ccc(S(=O)(=O)NCCc2c(-c3cccs3)n[nH]c2-c2cccs2)cc1Cl. The zero-order valence-electron chi connectivity index (χ0n) is 15.5. The van der Waals surface area contributed by atoms with Crippen LogP contribution in [0.5, 0.6) is 0 Å². The average molecular weight is 464 g/mol. The number of hydrogen-bond donors (Lipinski definition) is 2. The van der Waals surface area contributed by atoms with Crippen molar-refractivity contribution in [3.05, 3.63) is 69.4 Å². The van der Waals surface area contributed by atoms with Gasteiger partial charge in [-0.2, -0.15) is 5.10 Å². The van der Waals surface area contributed by atoms with E-state index in [1.54, 1.807) is 34.8 Å². The monoisotopic (exact) mass is 463 g/mol. The first-order chi connectivity index (χ1) is 14.0. The summed E-state index contributed by atoms with van der Waals surface area (Å²) in [4.78, 5) is 2.29. The van der Waals surface area contributed by atoms with Crippen molar-refractivity contribution in [2.75, 3.05) is 6.54 Å². The summed E-state index contributed by atoms with van der Waals surface area (Å²) in [7, 11) is -3.65. The molecule has 3 aromatic heterocycles. The summed E-state index contributed by atoms with van der Waals surface area (Å²) in [5.74, 6) is 0. The molecule has 0 aliphatic heterocycles. The van der Waals surface area contributed by atoms with Gasteiger partial charge in [-0.3, -0.25) is 5.10 Å². The molecule has 4 rings (SSSR count). The van der Waals surface area contributed by atoms with Crippen molar-refractivity contribution in [1.82, 2.24) is 14.9 Å². The topological polar surface area (TPSA) is 74.8 Å². The first kappa shape index (κ1) is 20.3. The minimum Gasteiger partial charge on any atom is -0.276 e. The molecule has 0 aliphatic rings. The molecule has 4 aromatic rings. The quantitative estimate of drug-likeness (QED) is 0.388. The molecule has 3 heterocycles. The van der Waals surface area contributed by atoms with Gasteiger partial charge in [0, 0.05) is 17.1 Å². The highest BCUT2D eigenvalue weighted by Crippen LogP contribution is 2.34. The van der Waals surface area contributed by atoms with Gasteiger partial charge < -0.3 is 0 Å². The molecule has 0 unspecified atom stereocenters. The van der Waals surface area contributed by atoms with E-state index in [0.717, 1.165) is 32.3 Å². The summed E-state index contributed by atoms with van der Waals surface area (Å²) in [6, 6.07) is 12.8. The third-order valence-electron chi connectivity index (χ3n) is 4.51. The molecule has 5 nitrogen and oxygen atoms in total. The summed E-state index contributed by atoms with van der Waals surface area (Å²) < 4.78 is 28.0. The second-order valence-electron chi connectivity index (χ2n) is 6.44. The van der Waals surface area contributed by atoms with Crippen LogP contribution in [-0.2, 0) is 16.4 Å². The lowest BCUT2D eigenvalue weighted by molar-refractivity contribution is 0.581. The molecule has 0 atom stereocenters. The van der Waals surface area contributed by atoms with Gasteiger partial charge >= 0.3 is 0 Å². The highest BCUT2D eigenvalue weighted by Gasteiger charge is 2.19. The lowest BCUT2D eigenvalue weighted by atomic mass is 10.1. The number of nitrogens with zero attached hydrogens (tertiary/aromatic N) is 1. The first-order valence-electron chi connectivity index (χ1n) is 8.86. The third kappa shape index (κ3) is 4.31. The summed E-state index contributed by atoms with van der Waals surface area (Å²) in [6.07, 6.45) is 0.510. The second kappa shape index (κ2) is 8.41. The van der Waals surface area contributed by atoms with E-state index >= 15 is 0 Å². The van der Waals surface area contributed by atoms with Crippen LogP contribution in [0.4, 0.5) is 0 Å². The number of rotatable bonds is 7. The van der Waals surface area contributed by atoms with E-state index in [1.807, 2.05) is 41.9 Å². The Labute approximate surface area is 182 Å². The number of sulfonamides is 1. The van der Waals surface area contributed by atoms with Gasteiger partial charge in [-0.1, -0.05) is 29.8 Å². The average Bonchev–Trinajstić information content (AvgIpc) is 3.44. The summed E-state index contributed by atoms with van der Waals surface area (Å²) in [5, 5.41) is 12.1. The third-order valence-corrected chi connectivity index (χ3v) is 8.14. The van der Waals surface area contributed by atoms with Crippen LogP contribution in [0.1, 0.15) is 11.1 Å². The van der Waals surface area contributed by atoms with Crippen molar-refractivity contribution >= 4 is 44.3 Å². The molecule has 0 radical (unpaired) electrons. The second-order valence-corrected chi connectivity index (χ2v) is 10.5. The van der Waals surface area contributed by atoms with Gasteiger partial charge in [0.05, 0.1) is 20.3 Å². The van der Waals surface area contributed by atoms with Gasteiger partial charge in [-0.25, -0.2) is 13.1 Å². The molecular weight excluding hydrogens is 446 g/mol. The van der Waals surface area contributed by atoms with Crippen molar-refractivity contribution in [2.24, 2.45) is 0 Å². The predicted molar refractivity (Wildman–Crippen MR) is 120 cm³/mol. The summed E-state index contributed by atoms with van der Waals surface area (Å²) in [5.41, 5.74) is 3.63. The van der Waals surface area contributed by atoms with E-state index in [0.29, 0.717) is 11.4 Å². The fraction of sp³-hybridized carbons (Fsp3) is 0.150. The standard InChI is InChI=1S/C20H18ClN3O2S3/c1-13-6-7-14(12-16(13)21)29(25,26)22-9-8-15-19(17-4-2-10-27-17)23-24-20(15)18-5-3-11-28-18/h2-7,10-12,22H,8-9H2,1H3,(H,23,24). The predicted octanol–water partition coefficient (Wildman–Crippen LogP) is 5.35. The van der Waals surface area contributed by atoms with Crippen molar-refractivity contribution in [2.45, 2.75) is 18.2 Å². The van der Waals surface area contributed by atoms with Crippen LogP contribution < -0.4 is 4.72 Å². The van der Waals surface area contributed by atoms with Crippen LogP contribution in [0.2, 0.25) is 5.02 Å². The molecule has 1 aromatic carbocycles. The molecule has 9 heteroatoms. The van der Waals surface area contributed by atoms with Crippen LogP contribution in [-0.4, -0.2) is 25.2 Å². The molecule has 0 saturated carbocycles. The fourth-order valence-corrected chi connectivity index (χ4v) is 5.78. The van der Waals surface area contributed by atoms with Crippen LogP contribution in [0.15, 0.2) is 58.1 Å². The molecule has 150 valence electrons. The molecule has 0 fully saturated rings. The Morgan fingerprint density at radius 1 is 1.10 bits per heavy atom. The maximum atomic E-state index is 12.7. The number of hydrogen-bond acceptors (Lipinski definition) is 5. The lowest BCUT2D eigenvalue weighted by Gasteiger charge is -2.09. The highest BCUT2D eigenvalue weighted by atomic mass is 35.5. The zero-order valence-corrected chi connectivity index (χ0v) is 18.7. The molecule has 0 amide bonds. The molecule has 0 aliphatic carbocycles. The Morgan fingerprint density at radius 2 is 1.83 bits per heavy atom. The van der Waals surface area contributed by atoms with Gasteiger partial charge in [0.25, 0.3) is 0 Å². The van der Waals surface area contributed by atoms with Crippen LogP contribution in [0.25, 0.3) is 21.1 Å². The van der Waals surface area contributed by atoms with Gasteiger partial charge in [0.1, 0.15) is 5.69 Å². The van der Waals surface area contributed by atoms with E-state index in [1.165, 1.54) is 6.07 Å². The van der Waals surface area contributed by atoms with Crippen LogP contribution in [0, 0.1) is 6.92 Å². The molecule has 0 saturated heterocycles. The number of H-pyrrole nitrogens is 1. The van der Waals surface area contributed by atoms with Gasteiger partial charge in [0.15, 0.2) is 0 Å². The van der Waals surface area contributed by atoms with Crippen molar-refractivity contribution in [3.8, 4) is 21.1 Å². The summed E-state index contributed by atoms with van der Waals surface area (Å²) >= 11 is 9.31. The van der Waals surface area contributed by atoms with E-state index < -0.39 is 10.0 Å². The smallest absolute Gasteiger partial charge is 0.240 e. The minimum atomic E-state index is -3.65.